The molecule has 4 nitrogen and oxygen atoms in total. The number of carbonyl (C=O) groups is 1. The SMILES string of the molecule is Cc1cc2c(cc1/C=C1\SC(=Nc3ccc(F)cc3)NC1=O)C(C)CC(C)(C)N2C(C)C. The lowest BCUT2D eigenvalue weighted by atomic mass is 9.78. The van der Waals surface area contributed by atoms with Crippen LogP contribution in [0.3, 0.4) is 0 Å². The van der Waals surface area contributed by atoms with E-state index in [0.717, 1.165) is 17.5 Å². The fraction of sp³-hybridized carbons (Fsp3) is 0.385. The number of fused-ring (bicyclic) bond motifs is 1. The number of anilines is 1. The lowest BCUT2D eigenvalue weighted by molar-refractivity contribution is -0.115. The number of benzene rings is 2. The van der Waals surface area contributed by atoms with Crippen LogP contribution in [0.2, 0.25) is 0 Å². The van der Waals surface area contributed by atoms with Crippen LogP contribution in [-0.4, -0.2) is 22.7 Å². The normalized spacial score (nSPS) is 22.6. The maximum absolute atomic E-state index is 13.1. The molecule has 1 fully saturated rings. The van der Waals surface area contributed by atoms with E-state index in [2.05, 4.69) is 68.9 Å². The molecule has 1 N–H and O–H groups in total. The highest BCUT2D eigenvalue weighted by molar-refractivity contribution is 8.18. The van der Waals surface area contributed by atoms with Gasteiger partial charge in [-0.2, -0.15) is 0 Å². The monoisotopic (exact) mass is 451 g/mol. The Hall–Kier alpha value is -2.60. The fourth-order valence-electron chi connectivity index (χ4n) is 5.00. The number of halogens is 1. The molecule has 0 aromatic heterocycles. The zero-order valence-corrected chi connectivity index (χ0v) is 20.3. The molecule has 0 saturated carbocycles. The van der Waals surface area contributed by atoms with Crippen LogP contribution in [0, 0.1) is 12.7 Å². The van der Waals surface area contributed by atoms with Gasteiger partial charge in [0.05, 0.1) is 10.6 Å². The Morgan fingerprint density at radius 3 is 2.59 bits per heavy atom. The van der Waals surface area contributed by atoms with Crippen molar-refractivity contribution >= 4 is 40.3 Å². The van der Waals surface area contributed by atoms with Crippen molar-refractivity contribution < 1.29 is 9.18 Å². The largest absolute Gasteiger partial charge is 0.364 e. The van der Waals surface area contributed by atoms with Crippen molar-refractivity contribution in [3.8, 4) is 0 Å². The first-order chi connectivity index (χ1) is 15.0. The van der Waals surface area contributed by atoms with Crippen molar-refractivity contribution in [2.45, 2.75) is 65.5 Å². The average Bonchev–Trinajstić information content (AvgIpc) is 3.02. The second-order valence-corrected chi connectivity index (χ2v) is 10.6. The first kappa shape index (κ1) is 22.6. The van der Waals surface area contributed by atoms with Crippen molar-refractivity contribution in [1.29, 1.82) is 0 Å². The lowest BCUT2D eigenvalue weighted by Gasteiger charge is -2.50. The first-order valence-electron chi connectivity index (χ1n) is 11.0. The highest BCUT2D eigenvalue weighted by Crippen LogP contribution is 2.45. The summed E-state index contributed by atoms with van der Waals surface area (Å²) in [7, 11) is 0. The Bertz CT molecular complexity index is 1120. The zero-order valence-electron chi connectivity index (χ0n) is 19.5. The molecule has 1 unspecified atom stereocenters. The number of carbonyl (C=O) groups excluding carboxylic acids is 1. The van der Waals surface area contributed by atoms with E-state index in [1.807, 2.05) is 6.08 Å². The summed E-state index contributed by atoms with van der Waals surface area (Å²) in [5, 5.41) is 3.32. The number of amides is 1. The van der Waals surface area contributed by atoms with E-state index in [1.165, 1.54) is 35.1 Å². The van der Waals surface area contributed by atoms with Gasteiger partial charge in [-0.1, -0.05) is 6.92 Å². The predicted molar refractivity (Wildman–Crippen MR) is 133 cm³/mol. The third kappa shape index (κ3) is 4.33. The molecule has 0 aliphatic carbocycles. The molecule has 1 amide bonds. The van der Waals surface area contributed by atoms with Crippen LogP contribution >= 0.6 is 11.8 Å². The molecule has 2 aromatic carbocycles. The van der Waals surface area contributed by atoms with Gasteiger partial charge in [0.2, 0.25) is 0 Å². The van der Waals surface area contributed by atoms with Gasteiger partial charge in [-0.05, 0) is 118 Å². The van der Waals surface area contributed by atoms with Gasteiger partial charge in [0, 0.05) is 17.3 Å². The predicted octanol–water partition coefficient (Wildman–Crippen LogP) is 6.53. The molecule has 0 radical (unpaired) electrons. The molecule has 2 aliphatic rings. The number of aryl methyl sites for hydroxylation is 1. The van der Waals surface area contributed by atoms with Crippen LogP contribution in [-0.2, 0) is 4.79 Å². The highest BCUT2D eigenvalue weighted by atomic mass is 32.2. The lowest BCUT2D eigenvalue weighted by Crippen LogP contribution is -2.51. The number of amidine groups is 1. The zero-order chi connectivity index (χ0) is 23.2. The van der Waals surface area contributed by atoms with Crippen LogP contribution in [0.4, 0.5) is 15.8 Å². The van der Waals surface area contributed by atoms with Gasteiger partial charge in [-0.3, -0.25) is 4.79 Å². The van der Waals surface area contributed by atoms with Gasteiger partial charge in [-0.25, -0.2) is 9.38 Å². The smallest absolute Gasteiger partial charge is 0.264 e. The highest BCUT2D eigenvalue weighted by Gasteiger charge is 2.38. The third-order valence-electron chi connectivity index (χ3n) is 6.17. The fourth-order valence-corrected chi connectivity index (χ4v) is 5.83. The molecule has 2 aromatic rings. The Morgan fingerprint density at radius 1 is 1.25 bits per heavy atom. The van der Waals surface area contributed by atoms with Gasteiger partial charge < -0.3 is 10.2 Å². The molecular formula is C26H30FN3OS. The van der Waals surface area contributed by atoms with Crippen molar-refractivity contribution in [3.63, 3.8) is 0 Å². The van der Waals surface area contributed by atoms with Crippen LogP contribution in [0.25, 0.3) is 6.08 Å². The van der Waals surface area contributed by atoms with Crippen LogP contribution in [0.5, 0.6) is 0 Å². The van der Waals surface area contributed by atoms with Crippen molar-refractivity contribution in [2.24, 2.45) is 4.99 Å². The quantitative estimate of drug-likeness (QED) is 0.540. The molecule has 4 rings (SSSR count). The minimum Gasteiger partial charge on any atom is -0.364 e. The number of nitrogens with one attached hydrogen (secondary N) is 1. The summed E-state index contributed by atoms with van der Waals surface area (Å²) in [5.74, 6) is -0.0337. The summed E-state index contributed by atoms with van der Waals surface area (Å²) >= 11 is 1.31. The number of rotatable bonds is 3. The summed E-state index contributed by atoms with van der Waals surface area (Å²) in [6.45, 7) is 13.5. The van der Waals surface area contributed by atoms with Gasteiger partial charge in [0.25, 0.3) is 5.91 Å². The number of thioether (sulfide) groups is 1. The van der Waals surface area contributed by atoms with E-state index in [-0.39, 0.29) is 17.3 Å². The standard InChI is InChI=1S/C26H30FN3OS/c1-15(2)30-22-11-16(3)18(12-21(22)17(4)14-26(30,5)6)13-23-24(31)29-25(32-23)28-20-9-7-19(27)8-10-20/h7-13,15,17H,14H2,1-6H3,(H,28,29,31)/b23-13-. The number of nitrogens with zero attached hydrogens (tertiary/aromatic N) is 2. The van der Waals surface area contributed by atoms with Gasteiger partial charge in [0.15, 0.2) is 5.17 Å². The second kappa shape index (κ2) is 8.39. The summed E-state index contributed by atoms with van der Waals surface area (Å²) in [6, 6.07) is 10.8. The Morgan fingerprint density at radius 2 is 1.94 bits per heavy atom. The maximum Gasteiger partial charge on any atom is 0.264 e. The van der Waals surface area contributed by atoms with E-state index >= 15 is 0 Å². The van der Waals surface area contributed by atoms with Crippen LogP contribution < -0.4 is 10.2 Å². The van der Waals surface area contributed by atoms with Crippen molar-refractivity contribution in [2.75, 3.05) is 4.90 Å². The molecule has 2 aliphatic heterocycles. The molecule has 0 spiro atoms. The first-order valence-corrected chi connectivity index (χ1v) is 11.9. The number of aliphatic imine (C=N–C) groups is 1. The number of hydrogen-bond donors (Lipinski definition) is 1. The molecule has 32 heavy (non-hydrogen) atoms. The summed E-state index contributed by atoms with van der Waals surface area (Å²) < 4.78 is 13.1. The molecule has 1 atom stereocenters. The van der Waals surface area contributed by atoms with E-state index < -0.39 is 0 Å². The molecular weight excluding hydrogens is 421 g/mol. The van der Waals surface area contributed by atoms with Gasteiger partial charge in [-0.15, -0.1) is 0 Å². The Labute approximate surface area is 194 Å². The Balaban J connectivity index is 1.67. The van der Waals surface area contributed by atoms with E-state index in [9.17, 15) is 9.18 Å². The average molecular weight is 452 g/mol. The summed E-state index contributed by atoms with van der Waals surface area (Å²) in [4.78, 5) is 20.1. The van der Waals surface area contributed by atoms with E-state index in [4.69, 9.17) is 0 Å². The third-order valence-corrected chi connectivity index (χ3v) is 7.08. The molecule has 168 valence electrons. The minimum atomic E-state index is -0.311. The van der Waals surface area contributed by atoms with Crippen molar-refractivity contribution in [3.05, 3.63) is 63.8 Å². The van der Waals surface area contributed by atoms with E-state index in [0.29, 0.717) is 27.7 Å². The Kier molecular flexibility index (Phi) is 5.93. The molecule has 0 bridgehead atoms. The van der Waals surface area contributed by atoms with E-state index in [1.54, 1.807) is 12.1 Å². The molecule has 1 saturated heterocycles. The summed E-state index contributed by atoms with van der Waals surface area (Å²) in [5.41, 5.74) is 5.53. The second-order valence-electron chi connectivity index (χ2n) is 9.61. The van der Waals surface area contributed by atoms with Gasteiger partial charge >= 0.3 is 0 Å². The molecule has 2 heterocycles. The summed E-state index contributed by atoms with van der Waals surface area (Å²) in [6.07, 6.45) is 3.04. The van der Waals surface area contributed by atoms with Crippen LogP contribution in [0.1, 0.15) is 63.6 Å². The van der Waals surface area contributed by atoms with Crippen LogP contribution in [0.15, 0.2) is 46.3 Å². The number of hydrogen-bond acceptors (Lipinski definition) is 4. The van der Waals surface area contributed by atoms with Crippen molar-refractivity contribution in [1.82, 2.24) is 5.32 Å². The topological polar surface area (TPSA) is 44.7 Å². The molecule has 6 heteroatoms. The maximum atomic E-state index is 13.1. The minimum absolute atomic E-state index is 0.0971. The van der Waals surface area contributed by atoms with Gasteiger partial charge in [0.1, 0.15) is 5.82 Å².